The Morgan fingerprint density at radius 1 is 0.667 bits per heavy atom. The topological polar surface area (TPSA) is 66.4 Å². The molecule has 3 rings (SSSR count). The highest BCUT2D eigenvalue weighted by Crippen LogP contribution is 2.42. The number of hydrogen-bond acceptors (Lipinski definition) is 6. The number of unbranched alkanes of at least 4 members (excludes halogenated alkanes) is 3. The molecule has 1 unspecified atom stereocenters. The third kappa shape index (κ3) is 12.0. The van der Waals surface area contributed by atoms with Gasteiger partial charge in [-0.3, -0.25) is 0 Å². The molecule has 0 heterocycles. The van der Waals surface area contributed by atoms with Crippen LogP contribution in [0.3, 0.4) is 0 Å². The predicted octanol–water partition coefficient (Wildman–Crippen LogP) is 9.42. The largest absolute Gasteiger partial charge is 0.530 e. The van der Waals surface area contributed by atoms with E-state index < -0.39 is 8.60 Å². The summed E-state index contributed by atoms with van der Waals surface area (Å²) in [6.07, 6.45) is 5.78. The van der Waals surface area contributed by atoms with Crippen LogP contribution in [0, 0.1) is 25.7 Å². The fraction of sp³-hybridized carbons (Fsp3) is 0.379. The molecule has 0 spiro atoms. The molecule has 0 aliphatic rings. The Morgan fingerprint density at radius 3 is 1.39 bits per heavy atom. The second-order valence-corrected chi connectivity index (χ2v) is 9.77. The van der Waals surface area contributed by atoms with E-state index in [9.17, 15) is 4.91 Å². The van der Waals surface area contributed by atoms with Gasteiger partial charge in [0.2, 0.25) is 0 Å². The summed E-state index contributed by atoms with van der Waals surface area (Å²) in [6.45, 7) is 10.2. The lowest BCUT2D eigenvalue weighted by Gasteiger charge is -2.18. The van der Waals surface area contributed by atoms with Crippen molar-refractivity contribution in [1.29, 1.82) is 0 Å². The summed E-state index contributed by atoms with van der Waals surface area (Å²) in [5.41, 5.74) is 3.53. The van der Waals surface area contributed by atoms with Crippen LogP contribution in [-0.2, 0) is 4.84 Å². The Labute approximate surface area is 216 Å². The average molecular weight is 512 g/mol. The minimum Gasteiger partial charge on any atom is -0.409 e. The van der Waals surface area contributed by atoms with Crippen molar-refractivity contribution in [2.45, 2.75) is 72.8 Å². The van der Waals surface area contributed by atoms with Crippen molar-refractivity contribution in [1.82, 2.24) is 0 Å². The molecular weight excluding hydrogens is 473 g/mol. The normalized spacial score (nSPS) is 11.2. The van der Waals surface area contributed by atoms with Crippen LogP contribution in [0.25, 0.3) is 0 Å². The van der Waals surface area contributed by atoms with Gasteiger partial charge in [0.15, 0.2) is 5.34 Å². The minimum absolute atomic E-state index is 0.00986. The monoisotopic (exact) mass is 511 g/mol. The van der Waals surface area contributed by atoms with Gasteiger partial charge in [-0.2, -0.15) is 0 Å². The minimum atomic E-state index is -1.62. The van der Waals surface area contributed by atoms with Crippen LogP contribution in [0.5, 0.6) is 17.2 Å². The van der Waals surface area contributed by atoms with Crippen LogP contribution in [0.1, 0.15) is 62.6 Å². The molecule has 3 aromatic carbocycles. The maximum Gasteiger partial charge on any atom is 0.530 e. The van der Waals surface area contributed by atoms with Crippen molar-refractivity contribution >= 4 is 8.60 Å². The Balaban J connectivity index is 0.000000352. The highest BCUT2D eigenvalue weighted by Gasteiger charge is 2.19. The number of hydrogen-bond donors (Lipinski definition) is 0. The number of benzene rings is 3. The molecule has 1 atom stereocenters. The summed E-state index contributed by atoms with van der Waals surface area (Å²) in [6, 6.07) is 23.5. The number of nitrogens with zero attached hydrogens (tertiary/aromatic N) is 1. The molecule has 36 heavy (non-hydrogen) atoms. The van der Waals surface area contributed by atoms with Crippen molar-refractivity contribution in [2.75, 3.05) is 0 Å². The van der Waals surface area contributed by atoms with Crippen molar-refractivity contribution in [3.63, 3.8) is 0 Å². The number of rotatable bonds is 13. The van der Waals surface area contributed by atoms with Gasteiger partial charge in [0, 0.05) is 0 Å². The summed E-state index contributed by atoms with van der Waals surface area (Å²) in [5, 5.41) is 2.38. The Bertz CT molecular complexity index is 881. The second-order valence-electron chi connectivity index (χ2n) is 8.78. The van der Waals surface area contributed by atoms with Gasteiger partial charge in [-0.25, -0.2) is 0 Å². The van der Waals surface area contributed by atoms with Crippen LogP contribution in [0.15, 0.2) is 78.1 Å². The first kappa shape index (κ1) is 29.1. The van der Waals surface area contributed by atoms with Crippen LogP contribution in [-0.4, -0.2) is 6.10 Å². The molecule has 0 amide bonds. The quantitative estimate of drug-likeness (QED) is 0.0989. The van der Waals surface area contributed by atoms with Gasteiger partial charge >= 0.3 is 8.60 Å². The van der Waals surface area contributed by atoms with Gasteiger partial charge in [-0.1, -0.05) is 79.3 Å². The summed E-state index contributed by atoms with van der Waals surface area (Å²) in [4.78, 5) is 14.1. The molecule has 194 valence electrons. The molecule has 0 bridgehead atoms. The average Bonchev–Trinajstić information content (AvgIpc) is 2.87. The Kier molecular flexibility index (Phi) is 13.4. The van der Waals surface area contributed by atoms with Crippen molar-refractivity contribution < 1.29 is 18.4 Å². The van der Waals surface area contributed by atoms with Crippen LogP contribution in [0.4, 0.5) is 0 Å². The molecule has 0 radical (unpaired) electrons. The van der Waals surface area contributed by atoms with Gasteiger partial charge in [0.1, 0.15) is 23.4 Å². The molecule has 0 fully saturated rings. The summed E-state index contributed by atoms with van der Waals surface area (Å²) >= 11 is 0. The van der Waals surface area contributed by atoms with Gasteiger partial charge in [0.05, 0.1) is 0 Å². The number of aryl methyl sites for hydroxylation is 3. The van der Waals surface area contributed by atoms with Crippen LogP contribution >= 0.6 is 8.60 Å². The molecule has 0 saturated carbocycles. The van der Waals surface area contributed by atoms with Crippen molar-refractivity contribution in [3.05, 3.63) is 94.4 Å². The molecule has 0 saturated heterocycles. The third-order valence-electron chi connectivity index (χ3n) is 5.29. The fourth-order valence-corrected chi connectivity index (χ4v) is 4.09. The lowest BCUT2D eigenvalue weighted by atomic mass is 10.1. The van der Waals surface area contributed by atoms with Crippen LogP contribution in [0.2, 0.25) is 0 Å². The molecular formula is C29H38NO5P. The lowest BCUT2D eigenvalue weighted by molar-refractivity contribution is 0.0607. The molecule has 0 aliphatic heterocycles. The first-order valence-corrected chi connectivity index (χ1v) is 13.5. The molecule has 6 nitrogen and oxygen atoms in total. The first-order valence-electron chi connectivity index (χ1n) is 12.4. The van der Waals surface area contributed by atoms with E-state index in [0.717, 1.165) is 30.1 Å². The van der Waals surface area contributed by atoms with E-state index >= 15 is 0 Å². The molecule has 0 aromatic heterocycles. The van der Waals surface area contributed by atoms with Crippen molar-refractivity contribution in [2.24, 2.45) is 5.34 Å². The standard InChI is InChI=1S/C21H21O3P.C8H17NO2/c1-16-4-10-19(11-5-16)22-25(23-20-12-6-17(2)7-13-20)24-21-14-8-18(3)9-15-21;1-3-4-5-6-7-8(2)11-9-10/h4-15H,1-3H3;8H,3-7H2,1-2H3. The van der Waals surface area contributed by atoms with Crippen molar-refractivity contribution in [3.8, 4) is 17.2 Å². The first-order chi connectivity index (χ1) is 17.4. The third-order valence-corrected chi connectivity index (χ3v) is 6.37. The van der Waals surface area contributed by atoms with E-state index in [0.29, 0.717) is 0 Å². The van der Waals surface area contributed by atoms with Gasteiger partial charge in [0.25, 0.3) is 0 Å². The Morgan fingerprint density at radius 2 is 1.06 bits per heavy atom. The highest BCUT2D eigenvalue weighted by atomic mass is 31.2. The summed E-state index contributed by atoms with van der Waals surface area (Å²) in [5.74, 6) is 2.16. The predicted molar refractivity (Wildman–Crippen MR) is 147 cm³/mol. The zero-order chi connectivity index (χ0) is 26.2. The molecule has 0 N–H and O–H groups in total. The maximum atomic E-state index is 9.63. The smallest absolute Gasteiger partial charge is 0.409 e. The van der Waals surface area contributed by atoms with E-state index in [1.54, 1.807) is 0 Å². The van der Waals surface area contributed by atoms with E-state index in [2.05, 4.69) is 17.1 Å². The van der Waals surface area contributed by atoms with Gasteiger partial charge < -0.3 is 18.4 Å². The molecule has 3 aromatic rings. The zero-order valence-electron chi connectivity index (χ0n) is 22.0. The SMILES string of the molecule is CCCCCCC(C)ON=O.Cc1ccc(OP(Oc2ccc(C)cc2)Oc2ccc(C)cc2)cc1. The van der Waals surface area contributed by atoms with Crippen LogP contribution < -0.4 is 13.6 Å². The van der Waals surface area contributed by atoms with E-state index in [-0.39, 0.29) is 6.10 Å². The van der Waals surface area contributed by atoms with E-state index in [4.69, 9.17) is 13.6 Å². The lowest BCUT2D eigenvalue weighted by Crippen LogP contribution is -2.02. The van der Waals surface area contributed by atoms with E-state index in [1.165, 1.54) is 36.0 Å². The maximum absolute atomic E-state index is 9.63. The van der Waals surface area contributed by atoms with Gasteiger partial charge in [-0.15, -0.1) is 4.91 Å². The Hall–Kier alpha value is -3.11. The molecule has 7 heteroatoms. The second kappa shape index (κ2) is 16.5. The summed E-state index contributed by atoms with van der Waals surface area (Å²) < 4.78 is 17.9. The fourth-order valence-electron chi connectivity index (χ4n) is 3.10. The van der Waals surface area contributed by atoms with E-state index in [1.807, 2.05) is 100 Å². The van der Waals surface area contributed by atoms with Gasteiger partial charge in [-0.05, 0) is 76.9 Å². The summed E-state index contributed by atoms with van der Waals surface area (Å²) in [7, 11) is -1.62. The highest BCUT2D eigenvalue weighted by molar-refractivity contribution is 7.43. The molecule has 0 aliphatic carbocycles. The zero-order valence-corrected chi connectivity index (χ0v) is 22.9.